The minimum Gasteiger partial charge on any atom is -0.496 e. The van der Waals surface area contributed by atoms with Gasteiger partial charge in [-0.15, -0.1) is 0 Å². The van der Waals surface area contributed by atoms with Gasteiger partial charge in [0.2, 0.25) is 0 Å². The van der Waals surface area contributed by atoms with Crippen molar-refractivity contribution in [3.8, 4) is 0 Å². The van der Waals surface area contributed by atoms with Crippen molar-refractivity contribution in [1.29, 1.82) is 0 Å². The van der Waals surface area contributed by atoms with Crippen LogP contribution in [0, 0.1) is 0 Å². The van der Waals surface area contributed by atoms with Crippen LogP contribution >= 0.6 is 0 Å². The second-order valence-corrected chi connectivity index (χ2v) is 3.53. The standard InChI is InChI=1S/C12H15NO2/c1-9-12(14-3)11(13(2)15-9)10-7-5-4-6-8-10/h4-9H,1-3H3. The Morgan fingerprint density at radius 3 is 2.53 bits per heavy atom. The van der Waals surface area contributed by atoms with Crippen LogP contribution in [0.15, 0.2) is 36.1 Å². The topological polar surface area (TPSA) is 21.7 Å². The van der Waals surface area contributed by atoms with E-state index in [0.717, 1.165) is 17.0 Å². The second-order valence-electron chi connectivity index (χ2n) is 3.53. The molecule has 1 aliphatic rings. The van der Waals surface area contributed by atoms with Gasteiger partial charge in [0.15, 0.2) is 5.76 Å². The summed E-state index contributed by atoms with van der Waals surface area (Å²) in [4.78, 5) is 5.57. The molecule has 0 N–H and O–H groups in total. The Balaban J connectivity index is 2.45. The zero-order valence-corrected chi connectivity index (χ0v) is 9.23. The number of rotatable bonds is 2. The Bertz CT molecular complexity index is 372. The highest BCUT2D eigenvalue weighted by Crippen LogP contribution is 2.32. The fraction of sp³-hybridized carbons (Fsp3) is 0.333. The van der Waals surface area contributed by atoms with Gasteiger partial charge in [-0.25, -0.2) is 0 Å². The quantitative estimate of drug-likeness (QED) is 0.739. The van der Waals surface area contributed by atoms with Crippen molar-refractivity contribution < 1.29 is 9.57 Å². The highest BCUT2D eigenvalue weighted by atomic mass is 16.7. The monoisotopic (exact) mass is 205 g/mol. The Labute approximate surface area is 89.9 Å². The first-order chi connectivity index (χ1) is 7.24. The van der Waals surface area contributed by atoms with E-state index < -0.39 is 0 Å². The molecule has 0 bridgehead atoms. The summed E-state index contributed by atoms with van der Waals surface area (Å²) in [6, 6.07) is 10.1. The Kier molecular flexibility index (Phi) is 2.64. The molecule has 3 heteroatoms. The average Bonchev–Trinajstić information content (AvgIpc) is 2.54. The molecule has 1 aromatic rings. The first-order valence-corrected chi connectivity index (χ1v) is 4.98. The molecule has 1 atom stereocenters. The number of hydroxylamine groups is 2. The summed E-state index contributed by atoms with van der Waals surface area (Å²) in [5.41, 5.74) is 2.12. The van der Waals surface area contributed by atoms with Crippen molar-refractivity contribution in [2.24, 2.45) is 0 Å². The van der Waals surface area contributed by atoms with E-state index >= 15 is 0 Å². The smallest absolute Gasteiger partial charge is 0.153 e. The molecule has 0 saturated heterocycles. The zero-order chi connectivity index (χ0) is 10.8. The van der Waals surface area contributed by atoms with E-state index in [2.05, 4.69) is 0 Å². The number of hydrogen-bond donors (Lipinski definition) is 0. The SMILES string of the molecule is COC1=C(c2ccccc2)N(C)OC1C. The molecule has 0 aromatic heterocycles. The van der Waals surface area contributed by atoms with Crippen LogP contribution in [0.3, 0.4) is 0 Å². The summed E-state index contributed by atoms with van der Waals surface area (Å²) in [7, 11) is 3.57. The van der Waals surface area contributed by atoms with E-state index in [1.807, 2.05) is 44.3 Å². The van der Waals surface area contributed by atoms with Crippen LogP contribution in [-0.4, -0.2) is 25.3 Å². The van der Waals surface area contributed by atoms with Gasteiger partial charge < -0.3 is 4.74 Å². The fourth-order valence-electron chi connectivity index (χ4n) is 1.87. The average molecular weight is 205 g/mol. The molecule has 1 aliphatic heterocycles. The van der Waals surface area contributed by atoms with Gasteiger partial charge in [-0.05, 0) is 6.92 Å². The van der Waals surface area contributed by atoms with Gasteiger partial charge in [-0.1, -0.05) is 30.3 Å². The number of ether oxygens (including phenoxy) is 1. The van der Waals surface area contributed by atoms with Crippen LogP contribution in [0.25, 0.3) is 5.70 Å². The third kappa shape index (κ3) is 1.70. The summed E-state index contributed by atoms with van der Waals surface area (Å²) < 4.78 is 5.37. The molecule has 0 spiro atoms. The van der Waals surface area contributed by atoms with Crippen molar-refractivity contribution in [2.45, 2.75) is 13.0 Å². The molecule has 0 saturated carbocycles. The molecular formula is C12H15NO2. The highest BCUT2D eigenvalue weighted by molar-refractivity contribution is 5.67. The number of benzene rings is 1. The molecule has 1 unspecified atom stereocenters. The minimum absolute atomic E-state index is 0.0183. The fourth-order valence-corrected chi connectivity index (χ4v) is 1.87. The molecule has 0 amide bonds. The molecule has 2 rings (SSSR count). The van der Waals surface area contributed by atoms with Gasteiger partial charge in [0.25, 0.3) is 0 Å². The lowest BCUT2D eigenvalue weighted by Crippen LogP contribution is -2.13. The van der Waals surface area contributed by atoms with Crippen molar-refractivity contribution >= 4 is 5.70 Å². The maximum atomic E-state index is 5.57. The second kappa shape index (κ2) is 3.95. The van der Waals surface area contributed by atoms with Crippen LogP contribution in [0.2, 0.25) is 0 Å². The number of hydrogen-bond acceptors (Lipinski definition) is 3. The maximum absolute atomic E-state index is 5.57. The van der Waals surface area contributed by atoms with Gasteiger partial charge in [-0.2, -0.15) is 0 Å². The normalized spacial score (nSPS) is 21.0. The first-order valence-electron chi connectivity index (χ1n) is 4.98. The Morgan fingerprint density at radius 2 is 1.93 bits per heavy atom. The van der Waals surface area contributed by atoms with Crippen LogP contribution in [0.5, 0.6) is 0 Å². The number of nitrogens with zero attached hydrogens (tertiary/aromatic N) is 1. The van der Waals surface area contributed by atoms with E-state index in [1.165, 1.54) is 0 Å². The van der Waals surface area contributed by atoms with Gasteiger partial charge in [0.1, 0.15) is 11.8 Å². The summed E-state index contributed by atoms with van der Waals surface area (Å²) in [6.45, 7) is 1.98. The predicted octanol–water partition coefficient (Wildman–Crippen LogP) is 2.27. The van der Waals surface area contributed by atoms with Crippen molar-refractivity contribution in [2.75, 3.05) is 14.2 Å². The van der Waals surface area contributed by atoms with E-state index in [9.17, 15) is 0 Å². The van der Waals surface area contributed by atoms with Gasteiger partial charge in [0.05, 0.1) is 7.11 Å². The van der Waals surface area contributed by atoms with Gasteiger partial charge in [0, 0.05) is 12.6 Å². The minimum atomic E-state index is -0.0183. The Morgan fingerprint density at radius 1 is 1.27 bits per heavy atom. The van der Waals surface area contributed by atoms with Gasteiger partial charge in [-0.3, -0.25) is 9.90 Å². The van der Waals surface area contributed by atoms with Crippen molar-refractivity contribution in [3.05, 3.63) is 41.7 Å². The summed E-state index contributed by atoms with van der Waals surface area (Å²) >= 11 is 0. The van der Waals surface area contributed by atoms with E-state index in [0.29, 0.717) is 0 Å². The lowest BCUT2D eigenvalue weighted by atomic mass is 10.1. The van der Waals surface area contributed by atoms with Crippen LogP contribution < -0.4 is 0 Å². The van der Waals surface area contributed by atoms with Gasteiger partial charge >= 0.3 is 0 Å². The molecule has 0 fully saturated rings. The van der Waals surface area contributed by atoms with Crippen molar-refractivity contribution in [1.82, 2.24) is 5.06 Å². The first kappa shape index (κ1) is 10.1. The zero-order valence-electron chi connectivity index (χ0n) is 9.23. The molecule has 3 nitrogen and oxygen atoms in total. The summed E-state index contributed by atoms with van der Waals surface area (Å²) in [6.07, 6.45) is -0.0183. The largest absolute Gasteiger partial charge is 0.496 e. The van der Waals surface area contributed by atoms with Crippen LogP contribution in [0.4, 0.5) is 0 Å². The molecule has 1 heterocycles. The lowest BCUT2D eigenvalue weighted by molar-refractivity contribution is -0.104. The third-order valence-electron chi connectivity index (χ3n) is 2.50. The molecule has 0 aliphatic carbocycles. The highest BCUT2D eigenvalue weighted by Gasteiger charge is 2.29. The Hall–Kier alpha value is -1.48. The number of methoxy groups -OCH3 is 1. The molecule has 0 radical (unpaired) electrons. The predicted molar refractivity (Wildman–Crippen MR) is 58.7 cm³/mol. The van der Waals surface area contributed by atoms with E-state index in [-0.39, 0.29) is 6.10 Å². The third-order valence-corrected chi connectivity index (χ3v) is 2.50. The van der Waals surface area contributed by atoms with Crippen molar-refractivity contribution in [3.63, 3.8) is 0 Å². The molecule has 80 valence electrons. The van der Waals surface area contributed by atoms with E-state index in [1.54, 1.807) is 12.2 Å². The van der Waals surface area contributed by atoms with Crippen LogP contribution in [0.1, 0.15) is 12.5 Å². The maximum Gasteiger partial charge on any atom is 0.153 e. The van der Waals surface area contributed by atoms with E-state index in [4.69, 9.17) is 9.57 Å². The summed E-state index contributed by atoms with van der Waals surface area (Å²) in [5.74, 6) is 0.878. The molecule has 1 aromatic carbocycles. The molecule has 15 heavy (non-hydrogen) atoms. The summed E-state index contributed by atoms with van der Waals surface area (Å²) in [5, 5.41) is 1.76. The lowest BCUT2D eigenvalue weighted by Gasteiger charge is -2.14. The molecular weight excluding hydrogens is 190 g/mol. The van der Waals surface area contributed by atoms with Crippen LogP contribution in [-0.2, 0) is 9.57 Å².